The zero-order valence-corrected chi connectivity index (χ0v) is 21.5. The lowest BCUT2D eigenvalue weighted by Gasteiger charge is -2.26. The molecule has 0 spiro atoms. The maximum absolute atomic E-state index is 13.6. The summed E-state index contributed by atoms with van der Waals surface area (Å²) in [5.41, 5.74) is 6.84. The molecule has 3 aromatic rings. The van der Waals surface area contributed by atoms with Gasteiger partial charge >= 0.3 is 0 Å². The van der Waals surface area contributed by atoms with Crippen LogP contribution in [0.5, 0.6) is 0 Å². The molecule has 7 nitrogen and oxygen atoms in total. The number of benzene rings is 3. The molecule has 7 heteroatoms. The van der Waals surface area contributed by atoms with E-state index in [0.29, 0.717) is 11.6 Å². The van der Waals surface area contributed by atoms with Gasteiger partial charge in [0.05, 0.1) is 27.9 Å². The number of fused-ring (bicyclic) bond motifs is 2. The highest BCUT2D eigenvalue weighted by Crippen LogP contribution is 2.40. The number of hydrogen-bond donors (Lipinski definition) is 1. The summed E-state index contributed by atoms with van der Waals surface area (Å²) < 4.78 is 0. The van der Waals surface area contributed by atoms with Crippen LogP contribution < -0.4 is 10.2 Å². The van der Waals surface area contributed by atoms with Crippen LogP contribution in [-0.4, -0.2) is 29.4 Å². The van der Waals surface area contributed by atoms with E-state index in [0.717, 1.165) is 22.3 Å². The number of hydrogen-bond acceptors (Lipinski definition) is 5. The topological polar surface area (TPSA) is 101 Å². The second-order valence-corrected chi connectivity index (χ2v) is 10.00. The molecular formula is C30H26N2O5. The Balaban J connectivity index is 1.55. The van der Waals surface area contributed by atoms with Crippen molar-refractivity contribution in [3.8, 4) is 0 Å². The van der Waals surface area contributed by atoms with E-state index >= 15 is 0 Å². The second-order valence-electron chi connectivity index (χ2n) is 10.00. The maximum atomic E-state index is 13.6. The molecule has 0 bridgehead atoms. The minimum Gasteiger partial charge on any atom is -0.289 e. The molecule has 4 amide bonds. The summed E-state index contributed by atoms with van der Waals surface area (Å²) >= 11 is 0. The van der Waals surface area contributed by atoms with E-state index in [2.05, 4.69) is 19.2 Å². The summed E-state index contributed by atoms with van der Waals surface area (Å²) in [6.45, 7) is 12.1. The predicted octanol–water partition coefficient (Wildman–Crippen LogP) is 4.96. The van der Waals surface area contributed by atoms with Crippen LogP contribution in [-0.2, 0) is 0 Å². The van der Waals surface area contributed by atoms with Crippen LogP contribution in [0.3, 0.4) is 0 Å². The SMILES string of the molecule is Cc1c(C)c(N2C(=O)c3ccc(C(=O)c4ccc5c(c4)C(=O)NC5=O)cc3C2=O)c(C)c(C)c1C(C)C. The Labute approximate surface area is 214 Å². The number of amides is 4. The van der Waals surface area contributed by atoms with Gasteiger partial charge in [-0.1, -0.05) is 26.0 Å². The minimum absolute atomic E-state index is 0.135. The maximum Gasteiger partial charge on any atom is 0.266 e. The fraction of sp³-hybridized carbons (Fsp3) is 0.233. The van der Waals surface area contributed by atoms with Gasteiger partial charge in [0, 0.05) is 11.1 Å². The molecule has 5 rings (SSSR count). The van der Waals surface area contributed by atoms with Crippen molar-refractivity contribution in [1.29, 1.82) is 0 Å². The van der Waals surface area contributed by atoms with Crippen molar-refractivity contribution in [2.24, 2.45) is 0 Å². The first-order valence-corrected chi connectivity index (χ1v) is 12.1. The van der Waals surface area contributed by atoms with Crippen molar-refractivity contribution >= 4 is 35.1 Å². The molecule has 2 aliphatic rings. The number of carbonyl (C=O) groups is 5. The summed E-state index contributed by atoms with van der Waals surface area (Å²) in [7, 11) is 0. The van der Waals surface area contributed by atoms with Gasteiger partial charge in [-0.3, -0.25) is 29.3 Å². The third-order valence-corrected chi connectivity index (χ3v) is 7.59. The van der Waals surface area contributed by atoms with Crippen molar-refractivity contribution in [3.05, 3.63) is 97.6 Å². The van der Waals surface area contributed by atoms with Crippen molar-refractivity contribution in [2.75, 3.05) is 4.90 Å². The lowest BCUT2D eigenvalue weighted by atomic mass is 9.86. The molecule has 2 heterocycles. The molecule has 0 saturated heterocycles. The first kappa shape index (κ1) is 24.3. The highest BCUT2D eigenvalue weighted by molar-refractivity contribution is 6.35. The third-order valence-electron chi connectivity index (χ3n) is 7.59. The average molecular weight is 495 g/mol. The van der Waals surface area contributed by atoms with Gasteiger partial charge in [-0.2, -0.15) is 0 Å². The molecule has 1 N–H and O–H groups in total. The number of imide groups is 2. The fourth-order valence-corrected chi connectivity index (χ4v) is 5.58. The molecule has 2 aliphatic heterocycles. The minimum atomic E-state index is -0.556. The van der Waals surface area contributed by atoms with E-state index < -0.39 is 29.4 Å². The quantitative estimate of drug-likeness (QED) is 0.408. The fourth-order valence-electron chi connectivity index (χ4n) is 5.58. The van der Waals surface area contributed by atoms with Gasteiger partial charge in [0.1, 0.15) is 0 Å². The van der Waals surface area contributed by atoms with Gasteiger partial charge in [0.2, 0.25) is 0 Å². The normalized spacial score (nSPS) is 14.4. The highest BCUT2D eigenvalue weighted by atomic mass is 16.2. The molecule has 0 aromatic heterocycles. The monoisotopic (exact) mass is 494 g/mol. The molecule has 0 radical (unpaired) electrons. The number of ketones is 1. The molecule has 37 heavy (non-hydrogen) atoms. The van der Waals surface area contributed by atoms with Crippen LogP contribution in [0.25, 0.3) is 0 Å². The molecule has 0 saturated carbocycles. The number of anilines is 1. The Morgan fingerprint density at radius 2 is 1.16 bits per heavy atom. The van der Waals surface area contributed by atoms with Crippen LogP contribution in [0.1, 0.15) is 105 Å². The van der Waals surface area contributed by atoms with Crippen molar-refractivity contribution in [1.82, 2.24) is 5.32 Å². The smallest absolute Gasteiger partial charge is 0.266 e. The molecule has 0 unspecified atom stereocenters. The Hall–Kier alpha value is -4.39. The summed E-state index contributed by atoms with van der Waals surface area (Å²) in [5, 5.41) is 2.20. The Kier molecular flexibility index (Phi) is 5.48. The van der Waals surface area contributed by atoms with Gasteiger partial charge in [-0.15, -0.1) is 0 Å². The third kappa shape index (κ3) is 3.45. The van der Waals surface area contributed by atoms with Crippen LogP contribution in [0.15, 0.2) is 36.4 Å². The molecule has 186 valence electrons. The van der Waals surface area contributed by atoms with Crippen LogP contribution in [0, 0.1) is 27.7 Å². The first-order chi connectivity index (χ1) is 17.4. The summed E-state index contributed by atoms with van der Waals surface area (Å²) in [4.78, 5) is 65.4. The second kappa shape index (κ2) is 8.34. The molecule has 0 fully saturated rings. The summed E-state index contributed by atoms with van der Waals surface area (Å²) in [5.74, 6) is -2.08. The van der Waals surface area contributed by atoms with Crippen LogP contribution >= 0.6 is 0 Å². The predicted molar refractivity (Wildman–Crippen MR) is 139 cm³/mol. The summed E-state index contributed by atoms with van der Waals surface area (Å²) in [6, 6.07) is 8.72. The van der Waals surface area contributed by atoms with Crippen molar-refractivity contribution in [3.63, 3.8) is 0 Å². The van der Waals surface area contributed by atoms with Crippen molar-refractivity contribution < 1.29 is 24.0 Å². The first-order valence-electron chi connectivity index (χ1n) is 12.1. The molecule has 3 aromatic carbocycles. The largest absolute Gasteiger partial charge is 0.289 e. The van der Waals surface area contributed by atoms with E-state index in [1.807, 2.05) is 27.7 Å². The number of carbonyl (C=O) groups excluding carboxylic acids is 5. The standard InChI is InChI=1S/C30H26N2O5/c1-13(2)24-14(3)16(5)25(17(6)15(24)4)32-29(36)21-10-8-19(12-23(21)30(32)37)26(33)18-7-9-20-22(11-18)28(35)31-27(20)34/h7-13H,1-6H3,(H,31,34,35). The van der Waals surface area contributed by atoms with Gasteiger partial charge in [-0.25, -0.2) is 4.90 Å². The highest BCUT2D eigenvalue weighted by Gasteiger charge is 2.39. The number of nitrogens with one attached hydrogen (secondary N) is 1. The van der Waals surface area contributed by atoms with Crippen molar-refractivity contribution in [2.45, 2.75) is 47.5 Å². The van der Waals surface area contributed by atoms with E-state index in [4.69, 9.17) is 0 Å². The Bertz CT molecular complexity index is 1580. The van der Waals surface area contributed by atoms with Gasteiger partial charge in [0.15, 0.2) is 5.78 Å². The Morgan fingerprint density at radius 3 is 1.73 bits per heavy atom. The van der Waals surface area contributed by atoms with Crippen LogP contribution in [0.4, 0.5) is 5.69 Å². The number of rotatable bonds is 4. The lowest BCUT2D eigenvalue weighted by Crippen LogP contribution is -2.31. The van der Waals surface area contributed by atoms with E-state index in [9.17, 15) is 24.0 Å². The zero-order chi connectivity index (χ0) is 26.9. The van der Waals surface area contributed by atoms with E-state index in [1.54, 1.807) is 0 Å². The lowest BCUT2D eigenvalue weighted by molar-refractivity contribution is 0.0874. The molecular weight excluding hydrogens is 468 g/mol. The summed E-state index contributed by atoms with van der Waals surface area (Å²) in [6.07, 6.45) is 0. The van der Waals surface area contributed by atoms with Crippen LogP contribution in [0.2, 0.25) is 0 Å². The van der Waals surface area contributed by atoms with E-state index in [-0.39, 0.29) is 33.4 Å². The van der Waals surface area contributed by atoms with Gasteiger partial charge in [-0.05, 0) is 85.7 Å². The molecule has 0 atom stereocenters. The van der Waals surface area contributed by atoms with Gasteiger partial charge in [0.25, 0.3) is 23.6 Å². The van der Waals surface area contributed by atoms with E-state index in [1.165, 1.54) is 46.9 Å². The zero-order valence-electron chi connectivity index (χ0n) is 21.5. The molecule has 0 aliphatic carbocycles. The average Bonchev–Trinajstić information content (AvgIpc) is 3.29. The number of nitrogens with zero attached hydrogens (tertiary/aromatic N) is 1. The Morgan fingerprint density at radius 1 is 0.676 bits per heavy atom. The van der Waals surface area contributed by atoms with Gasteiger partial charge < -0.3 is 0 Å².